The molecule has 0 aliphatic heterocycles. The third kappa shape index (κ3) is 4.02. The highest BCUT2D eigenvalue weighted by Gasteiger charge is 2.35. The van der Waals surface area contributed by atoms with Gasteiger partial charge < -0.3 is 4.90 Å². The molecular formula is C27H28ClNO. The summed E-state index contributed by atoms with van der Waals surface area (Å²) in [4.78, 5) is 14.6. The molecule has 2 unspecified atom stereocenters. The molecule has 154 valence electrons. The highest BCUT2D eigenvalue weighted by molar-refractivity contribution is 6.30. The van der Waals surface area contributed by atoms with Crippen LogP contribution in [0.3, 0.4) is 0 Å². The van der Waals surface area contributed by atoms with E-state index in [1.54, 1.807) is 24.3 Å². The average molecular weight is 418 g/mol. The van der Waals surface area contributed by atoms with Crippen LogP contribution in [0, 0.1) is 5.92 Å². The Morgan fingerprint density at radius 1 is 0.900 bits per heavy atom. The van der Waals surface area contributed by atoms with E-state index in [-0.39, 0.29) is 5.91 Å². The number of hydrogen-bond donors (Lipinski definition) is 0. The van der Waals surface area contributed by atoms with Crippen LogP contribution in [0.25, 0.3) is 11.1 Å². The van der Waals surface area contributed by atoms with Gasteiger partial charge in [-0.3, -0.25) is 4.79 Å². The van der Waals surface area contributed by atoms with Gasteiger partial charge in [-0.15, -0.1) is 0 Å². The van der Waals surface area contributed by atoms with Crippen molar-refractivity contribution in [3.63, 3.8) is 0 Å². The van der Waals surface area contributed by atoms with Crippen molar-refractivity contribution in [3.05, 3.63) is 94.5 Å². The fraction of sp³-hybridized carbons (Fsp3) is 0.296. The molecule has 0 aromatic heterocycles. The van der Waals surface area contributed by atoms with Crippen LogP contribution >= 0.6 is 11.6 Å². The zero-order valence-electron chi connectivity index (χ0n) is 17.8. The smallest absolute Gasteiger partial charge is 0.253 e. The molecule has 0 saturated heterocycles. The van der Waals surface area contributed by atoms with Gasteiger partial charge in [0.25, 0.3) is 5.91 Å². The molecule has 0 bridgehead atoms. The van der Waals surface area contributed by atoms with Crippen LogP contribution in [0.5, 0.6) is 0 Å². The Balaban J connectivity index is 1.49. The molecular weight excluding hydrogens is 390 g/mol. The van der Waals surface area contributed by atoms with Gasteiger partial charge in [0.1, 0.15) is 0 Å². The first-order chi connectivity index (χ1) is 14.5. The van der Waals surface area contributed by atoms with Gasteiger partial charge in [-0.25, -0.2) is 0 Å². The highest BCUT2D eigenvalue weighted by Crippen LogP contribution is 2.48. The van der Waals surface area contributed by atoms with Crippen molar-refractivity contribution >= 4 is 17.5 Å². The number of halogens is 1. The number of rotatable bonds is 5. The molecule has 3 atom stereocenters. The van der Waals surface area contributed by atoms with Crippen LogP contribution in [-0.4, -0.2) is 24.4 Å². The number of hydrogen-bond acceptors (Lipinski definition) is 1. The van der Waals surface area contributed by atoms with Gasteiger partial charge in [0.15, 0.2) is 0 Å². The summed E-state index contributed by atoms with van der Waals surface area (Å²) >= 11 is 5.95. The highest BCUT2D eigenvalue weighted by atomic mass is 35.5. The number of fused-ring (bicyclic) bond motifs is 1. The van der Waals surface area contributed by atoms with Crippen LogP contribution in [0.1, 0.15) is 53.6 Å². The summed E-state index contributed by atoms with van der Waals surface area (Å²) in [5.41, 5.74) is 6.13. The molecule has 0 N–H and O–H groups in total. The maximum atomic E-state index is 12.7. The number of amides is 1. The third-order valence-electron chi connectivity index (χ3n) is 6.72. The van der Waals surface area contributed by atoms with E-state index in [1.807, 2.05) is 11.9 Å². The molecule has 2 nitrogen and oxygen atoms in total. The second-order valence-corrected chi connectivity index (χ2v) is 8.92. The number of carbonyl (C=O) groups is 1. The molecule has 0 spiro atoms. The molecule has 0 saturated carbocycles. The van der Waals surface area contributed by atoms with Crippen LogP contribution in [0.4, 0.5) is 0 Å². The SMILES string of the molecule is CC1c2cc(-c3ccccc3)ccc2C(CCN(C)C(=O)c2ccc(Cl)cc2)[C@@H]1C. The summed E-state index contributed by atoms with van der Waals surface area (Å²) in [5.74, 6) is 1.60. The lowest BCUT2D eigenvalue weighted by Crippen LogP contribution is -2.29. The van der Waals surface area contributed by atoms with Crippen molar-refractivity contribution in [1.29, 1.82) is 0 Å². The zero-order valence-corrected chi connectivity index (χ0v) is 18.6. The Morgan fingerprint density at radius 3 is 2.30 bits per heavy atom. The second-order valence-electron chi connectivity index (χ2n) is 8.49. The minimum atomic E-state index is 0.0463. The molecule has 1 amide bonds. The minimum absolute atomic E-state index is 0.0463. The molecule has 0 fully saturated rings. The van der Waals surface area contributed by atoms with E-state index >= 15 is 0 Å². The summed E-state index contributed by atoms with van der Waals surface area (Å²) in [6, 6.07) is 24.6. The van der Waals surface area contributed by atoms with Gasteiger partial charge in [-0.1, -0.05) is 74.0 Å². The fourth-order valence-corrected chi connectivity index (χ4v) is 4.82. The van der Waals surface area contributed by atoms with E-state index in [9.17, 15) is 4.79 Å². The van der Waals surface area contributed by atoms with Gasteiger partial charge in [0.2, 0.25) is 0 Å². The first kappa shape index (κ1) is 20.7. The number of nitrogens with zero attached hydrogens (tertiary/aromatic N) is 1. The number of benzene rings is 3. The second kappa shape index (κ2) is 8.65. The van der Waals surface area contributed by atoms with Gasteiger partial charge in [0.05, 0.1) is 0 Å². The van der Waals surface area contributed by atoms with E-state index in [0.717, 1.165) is 13.0 Å². The monoisotopic (exact) mass is 417 g/mol. The standard InChI is InChI=1S/C27H28ClNO/c1-18-19(2)26-17-22(20-7-5-4-6-8-20)11-14-25(26)24(18)15-16-29(3)27(30)21-9-12-23(28)13-10-21/h4-14,17-19,24H,15-16H2,1-3H3/t18-,19?,24?/m1/s1. The van der Waals surface area contributed by atoms with Crippen molar-refractivity contribution in [2.45, 2.75) is 32.1 Å². The van der Waals surface area contributed by atoms with E-state index in [0.29, 0.717) is 28.3 Å². The Labute approximate surface area is 184 Å². The number of carbonyl (C=O) groups excluding carboxylic acids is 1. The molecule has 3 aromatic carbocycles. The van der Waals surface area contributed by atoms with Crippen molar-refractivity contribution < 1.29 is 4.79 Å². The normalized spacial score (nSPS) is 20.1. The summed E-state index contributed by atoms with van der Waals surface area (Å²) in [6.07, 6.45) is 0.971. The van der Waals surface area contributed by atoms with Crippen LogP contribution < -0.4 is 0 Å². The topological polar surface area (TPSA) is 20.3 Å². The molecule has 3 aromatic rings. The molecule has 4 rings (SSSR count). The lowest BCUT2D eigenvalue weighted by molar-refractivity contribution is 0.0788. The van der Waals surface area contributed by atoms with E-state index in [2.05, 4.69) is 62.4 Å². The summed E-state index contributed by atoms with van der Waals surface area (Å²) in [7, 11) is 1.89. The van der Waals surface area contributed by atoms with E-state index in [1.165, 1.54) is 22.3 Å². The van der Waals surface area contributed by atoms with Crippen molar-refractivity contribution in [2.75, 3.05) is 13.6 Å². The lowest BCUT2D eigenvalue weighted by Gasteiger charge is -2.23. The fourth-order valence-electron chi connectivity index (χ4n) is 4.70. The predicted octanol–water partition coefficient (Wildman–Crippen LogP) is 7.01. The van der Waals surface area contributed by atoms with Crippen molar-refractivity contribution in [3.8, 4) is 11.1 Å². The van der Waals surface area contributed by atoms with Gasteiger partial charge in [-0.05, 0) is 70.7 Å². The molecule has 1 aliphatic rings. The molecule has 3 heteroatoms. The van der Waals surface area contributed by atoms with E-state index in [4.69, 9.17) is 11.6 Å². The Bertz CT molecular complexity index is 1030. The van der Waals surface area contributed by atoms with Crippen LogP contribution in [-0.2, 0) is 0 Å². The van der Waals surface area contributed by atoms with Gasteiger partial charge in [0, 0.05) is 24.2 Å². The van der Waals surface area contributed by atoms with Crippen LogP contribution in [0.2, 0.25) is 5.02 Å². The Hall–Kier alpha value is -2.58. The lowest BCUT2D eigenvalue weighted by atomic mass is 9.87. The van der Waals surface area contributed by atoms with Crippen molar-refractivity contribution in [2.24, 2.45) is 5.92 Å². The van der Waals surface area contributed by atoms with E-state index < -0.39 is 0 Å². The first-order valence-corrected chi connectivity index (χ1v) is 11.0. The summed E-state index contributed by atoms with van der Waals surface area (Å²) in [5, 5.41) is 0.648. The largest absolute Gasteiger partial charge is 0.342 e. The molecule has 0 heterocycles. The first-order valence-electron chi connectivity index (χ1n) is 10.7. The van der Waals surface area contributed by atoms with Gasteiger partial charge >= 0.3 is 0 Å². The average Bonchev–Trinajstić information content (AvgIpc) is 3.02. The van der Waals surface area contributed by atoms with Crippen LogP contribution in [0.15, 0.2) is 72.8 Å². The predicted molar refractivity (Wildman–Crippen MR) is 125 cm³/mol. The molecule has 0 radical (unpaired) electrons. The van der Waals surface area contributed by atoms with Crippen molar-refractivity contribution in [1.82, 2.24) is 4.90 Å². The maximum Gasteiger partial charge on any atom is 0.253 e. The van der Waals surface area contributed by atoms with Gasteiger partial charge in [-0.2, -0.15) is 0 Å². The maximum absolute atomic E-state index is 12.7. The molecule has 30 heavy (non-hydrogen) atoms. The molecule has 1 aliphatic carbocycles. The third-order valence-corrected chi connectivity index (χ3v) is 6.97. The quantitative estimate of drug-likeness (QED) is 0.437. The Kier molecular flexibility index (Phi) is 5.97. The Morgan fingerprint density at radius 2 is 1.60 bits per heavy atom. The zero-order chi connectivity index (χ0) is 21.3. The minimum Gasteiger partial charge on any atom is -0.342 e. The summed E-state index contributed by atoms with van der Waals surface area (Å²) < 4.78 is 0. The summed E-state index contributed by atoms with van der Waals surface area (Å²) in [6.45, 7) is 5.42.